The molecule has 0 spiro atoms. The molecule has 0 atom stereocenters. The minimum atomic E-state index is -0.294. The van der Waals surface area contributed by atoms with Crippen molar-refractivity contribution in [3.63, 3.8) is 0 Å². The van der Waals surface area contributed by atoms with Gasteiger partial charge < -0.3 is 15.3 Å². The number of aryl methyl sites for hydroxylation is 1. The van der Waals surface area contributed by atoms with Crippen LogP contribution in [0.5, 0.6) is 0 Å². The van der Waals surface area contributed by atoms with Crippen molar-refractivity contribution in [1.29, 1.82) is 0 Å². The number of aromatic nitrogens is 2. The number of carbonyl (C=O) groups is 2. The van der Waals surface area contributed by atoms with E-state index in [2.05, 4.69) is 15.3 Å². The molecule has 1 amide bonds. The summed E-state index contributed by atoms with van der Waals surface area (Å²) in [6.07, 6.45) is 0.256. The highest BCUT2D eigenvalue weighted by molar-refractivity contribution is 6.00. The maximum atomic E-state index is 12.1. The van der Waals surface area contributed by atoms with Crippen LogP contribution >= 0.6 is 0 Å². The average molecular weight is 323 g/mol. The Kier molecular flexibility index (Phi) is 4.29. The zero-order valence-corrected chi connectivity index (χ0v) is 13.2. The summed E-state index contributed by atoms with van der Waals surface area (Å²) in [5.41, 5.74) is 3.27. The molecule has 3 rings (SSSR count). The van der Waals surface area contributed by atoms with E-state index in [9.17, 15) is 14.4 Å². The van der Waals surface area contributed by atoms with Crippen molar-refractivity contribution < 1.29 is 9.59 Å². The van der Waals surface area contributed by atoms with E-state index < -0.39 is 0 Å². The van der Waals surface area contributed by atoms with Gasteiger partial charge in [0.2, 0.25) is 5.91 Å². The highest BCUT2D eigenvalue weighted by Gasteiger charge is 2.10. The van der Waals surface area contributed by atoms with Crippen LogP contribution in [0.4, 0.5) is 5.69 Å². The lowest BCUT2D eigenvalue weighted by Crippen LogP contribution is -2.13. The molecule has 0 radical (unpaired) electrons. The number of benzene rings is 2. The fourth-order valence-electron chi connectivity index (χ4n) is 2.44. The van der Waals surface area contributed by atoms with Gasteiger partial charge in [-0.25, -0.2) is 4.79 Å². The lowest BCUT2D eigenvalue weighted by molar-refractivity contribution is -0.116. The summed E-state index contributed by atoms with van der Waals surface area (Å²) in [5, 5.41) is 2.73. The number of hydrogen-bond acceptors (Lipinski definition) is 3. The minimum absolute atomic E-state index is 0.0597. The van der Waals surface area contributed by atoms with Gasteiger partial charge in [-0.3, -0.25) is 9.59 Å². The Labute approximate surface area is 137 Å². The fraction of sp³-hybridized carbons (Fsp3) is 0.167. The number of aromatic amines is 2. The summed E-state index contributed by atoms with van der Waals surface area (Å²) in [6, 6.07) is 12.4. The molecule has 1 heterocycles. The third-order valence-electron chi connectivity index (χ3n) is 3.75. The summed E-state index contributed by atoms with van der Waals surface area (Å²) >= 11 is 0. The third-order valence-corrected chi connectivity index (χ3v) is 3.75. The number of anilines is 1. The van der Waals surface area contributed by atoms with Gasteiger partial charge in [-0.2, -0.15) is 0 Å². The Morgan fingerprint density at radius 3 is 2.42 bits per heavy atom. The second-order valence-electron chi connectivity index (χ2n) is 5.68. The lowest BCUT2D eigenvalue weighted by Gasteiger charge is -2.05. The fourth-order valence-corrected chi connectivity index (χ4v) is 2.44. The third kappa shape index (κ3) is 3.60. The standard InChI is InChI=1S/C18H17N3O3/c1-11-2-4-12(5-3-11)16(22)8-9-17(23)19-13-6-7-14-15(10-13)21-18(24)20-14/h2-7,10H,8-9H2,1H3,(H,19,23)(H2,20,21,24). The molecule has 0 saturated heterocycles. The van der Waals surface area contributed by atoms with E-state index in [0.717, 1.165) is 5.56 Å². The zero-order valence-electron chi connectivity index (χ0n) is 13.2. The van der Waals surface area contributed by atoms with E-state index in [0.29, 0.717) is 22.3 Å². The van der Waals surface area contributed by atoms with E-state index in [1.54, 1.807) is 30.3 Å². The van der Waals surface area contributed by atoms with Crippen LogP contribution < -0.4 is 11.0 Å². The maximum Gasteiger partial charge on any atom is 0.323 e. The van der Waals surface area contributed by atoms with Gasteiger partial charge in [0.25, 0.3) is 0 Å². The number of fused-ring (bicyclic) bond motifs is 1. The molecule has 0 aliphatic heterocycles. The van der Waals surface area contributed by atoms with Crippen molar-refractivity contribution in [2.24, 2.45) is 0 Å². The normalized spacial score (nSPS) is 10.7. The maximum absolute atomic E-state index is 12.1. The number of rotatable bonds is 5. The number of amides is 1. The van der Waals surface area contributed by atoms with Crippen molar-refractivity contribution in [3.05, 3.63) is 64.1 Å². The number of ketones is 1. The lowest BCUT2D eigenvalue weighted by atomic mass is 10.0. The van der Waals surface area contributed by atoms with Crippen LogP contribution in [0, 0.1) is 6.92 Å². The molecule has 0 saturated carbocycles. The summed E-state index contributed by atoms with van der Waals surface area (Å²) in [5.74, 6) is -0.303. The zero-order chi connectivity index (χ0) is 17.1. The summed E-state index contributed by atoms with van der Waals surface area (Å²) in [4.78, 5) is 40.6. The molecule has 0 fully saturated rings. The molecule has 0 aliphatic carbocycles. The van der Waals surface area contributed by atoms with Crippen LogP contribution in [-0.2, 0) is 4.79 Å². The Bertz CT molecular complexity index is 952. The van der Waals surface area contributed by atoms with Crippen molar-refractivity contribution in [3.8, 4) is 0 Å². The van der Waals surface area contributed by atoms with E-state index in [1.165, 1.54) is 0 Å². The van der Waals surface area contributed by atoms with Gasteiger partial charge >= 0.3 is 5.69 Å². The number of carbonyl (C=O) groups excluding carboxylic acids is 2. The first kappa shape index (κ1) is 15.7. The van der Waals surface area contributed by atoms with Crippen molar-refractivity contribution in [2.75, 3.05) is 5.32 Å². The van der Waals surface area contributed by atoms with E-state index in [1.807, 2.05) is 19.1 Å². The summed E-state index contributed by atoms with van der Waals surface area (Å²) in [7, 11) is 0. The molecule has 2 aromatic carbocycles. The highest BCUT2D eigenvalue weighted by atomic mass is 16.2. The second-order valence-corrected chi connectivity index (χ2v) is 5.68. The Morgan fingerprint density at radius 2 is 1.67 bits per heavy atom. The predicted octanol–water partition coefficient (Wildman–Crippen LogP) is 2.77. The average Bonchev–Trinajstić information content (AvgIpc) is 2.92. The molecule has 6 nitrogen and oxygen atoms in total. The molecule has 3 aromatic rings. The first-order chi connectivity index (χ1) is 11.5. The molecule has 1 aromatic heterocycles. The first-order valence-corrected chi connectivity index (χ1v) is 7.63. The Hall–Kier alpha value is -3.15. The van der Waals surface area contributed by atoms with Crippen molar-refractivity contribution >= 4 is 28.4 Å². The van der Waals surface area contributed by atoms with E-state index in [-0.39, 0.29) is 30.2 Å². The van der Waals surface area contributed by atoms with E-state index >= 15 is 0 Å². The molecule has 122 valence electrons. The SMILES string of the molecule is Cc1ccc(C(=O)CCC(=O)Nc2ccc3[nH]c(=O)[nH]c3c2)cc1. The van der Waals surface area contributed by atoms with Gasteiger partial charge in [-0.05, 0) is 25.1 Å². The van der Waals surface area contributed by atoms with Gasteiger partial charge in [-0.1, -0.05) is 29.8 Å². The summed E-state index contributed by atoms with van der Waals surface area (Å²) in [6.45, 7) is 1.95. The molecule has 0 unspecified atom stereocenters. The van der Waals surface area contributed by atoms with Crippen LogP contribution in [-0.4, -0.2) is 21.7 Å². The molecule has 0 bridgehead atoms. The van der Waals surface area contributed by atoms with Crippen molar-refractivity contribution in [1.82, 2.24) is 9.97 Å². The number of hydrogen-bond donors (Lipinski definition) is 3. The van der Waals surface area contributed by atoms with Gasteiger partial charge in [0.1, 0.15) is 0 Å². The monoisotopic (exact) mass is 323 g/mol. The second kappa shape index (κ2) is 6.54. The van der Waals surface area contributed by atoms with Crippen molar-refractivity contribution in [2.45, 2.75) is 19.8 Å². The van der Waals surface area contributed by atoms with Crippen LogP contribution in [0.15, 0.2) is 47.3 Å². The van der Waals surface area contributed by atoms with Crippen LogP contribution in [0.3, 0.4) is 0 Å². The molecular weight excluding hydrogens is 306 g/mol. The van der Waals surface area contributed by atoms with Gasteiger partial charge in [-0.15, -0.1) is 0 Å². The molecule has 0 aliphatic rings. The predicted molar refractivity (Wildman–Crippen MR) is 92.3 cm³/mol. The topological polar surface area (TPSA) is 94.8 Å². The van der Waals surface area contributed by atoms with Gasteiger partial charge in [0.05, 0.1) is 11.0 Å². The number of imidazole rings is 1. The highest BCUT2D eigenvalue weighted by Crippen LogP contribution is 2.15. The summed E-state index contributed by atoms with van der Waals surface area (Å²) < 4.78 is 0. The first-order valence-electron chi connectivity index (χ1n) is 7.63. The van der Waals surface area contributed by atoms with E-state index in [4.69, 9.17) is 0 Å². The molecular formula is C18H17N3O3. The molecule has 24 heavy (non-hydrogen) atoms. The van der Waals surface area contributed by atoms with Gasteiger partial charge in [0.15, 0.2) is 5.78 Å². The largest absolute Gasteiger partial charge is 0.326 e. The van der Waals surface area contributed by atoms with Gasteiger partial charge in [0, 0.05) is 24.1 Å². The Morgan fingerprint density at radius 1 is 0.958 bits per heavy atom. The number of H-pyrrole nitrogens is 2. The van der Waals surface area contributed by atoms with Crippen LogP contribution in [0.25, 0.3) is 11.0 Å². The Balaban J connectivity index is 1.59. The van der Waals surface area contributed by atoms with Crippen LogP contribution in [0.2, 0.25) is 0 Å². The van der Waals surface area contributed by atoms with Crippen LogP contribution in [0.1, 0.15) is 28.8 Å². The minimum Gasteiger partial charge on any atom is -0.326 e. The number of nitrogens with one attached hydrogen (secondary N) is 3. The number of Topliss-reactive ketones (excluding diaryl/α,β-unsaturated/α-hetero) is 1. The molecule has 3 N–H and O–H groups in total. The molecule has 6 heteroatoms. The quantitative estimate of drug-likeness (QED) is 0.630. The smallest absolute Gasteiger partial charge is 0.323 e.